The van der Waals surface area contributed by atoms with E-state index in [9.17, 15) is 9.18 Å². The lowest BCUT2D eigenvalue weighted by molar-refractivity contribution is 0.0938. The molecule has 6 heteroatoms. The minimum atomic E-state index is -0.212. The Labute approximate surface area is 153 Å². The number of aromatic nitrogens is 2. The second-order valence-corrected chi connectivity index (χ2v) is 7.67. The van der Waals surface area contributed by atoms with E-state index in [0.29, 0.717) is 18.3 Å². The quantitative estimate of drug-likeness (QED) is 0.837. The molecule has 2 fully saturated rings. The van der Waals surface area contributed by atoms with Gasteiger partial charge in [0, 0.05) is 19.3 Å². The minimum Gasteiger partial charge on any atom is -0.350 e. The average molecular weight is 356 g/mol. The van der Waals surface area contributed by atoms with Crippen molar-refractivity contribution in [2.45, 2.75) is 38.1 Å². The molecule has 1 saturated heterocycles. The highest BCUT2D eigenvalue weighted by Crippen LogP contribution is 2.47. The Bertz CT molecular complexity index is 760. The average Bonchev–Trinajstić information content (AvgIpc) is 3.25. The van der Waals surface area contributed by atoms with Crippen molar-refractivity contribution < 1.29 is 9.18 Å². The van der Waals surface area contributed by atoms with Gasteiger partial charge in [0.25, 0.3) is 5.91 Å². The van der Waals surface area contributed by atoms with Gasteiger partial charge in [0.05, 0.1) is 6.04 Å². The molecule has 1 aliphatic carbocycles. The van der Waals surface area contributed by atoms with Gasteiger partial charge in [-0.25, -0.2) is 4.39 Å². The van der Waals surface area contributed by atoms with E-state index in [0.717, 1.165) is 50.8 Å². The Morgan fingerprint density at radius 1 is 1.31 bits per heavy atom. The van der Waals surface area contributed by atoms with Crippen LogP contribution in [-0.2, 0) is 6.42 Å². The molecule has 2 aromatic rings. The smallest absolute Gasteiger partial charge is 0.271 e. The first kappa shape index (κ1) is 17.2. The van der Waals surface area contributed by atoms with E-state index in [1.165, 1.54) is 12.1 Å². The van der Waals surface area contributed by atoms with Crippen molar-refractivity contribution in [3.63, 3.8) is 0 Å². The Kier molecular flexibility index (Phi) is 4.76. The van der Waals surface area contributed by atoms with Gasteiger partial charge in [-0.3, -0.25) is 9.48 Å². The third-order valence-electron chi connectivity index (χ3n) is 5.56. The molecule has 2 heterocycles. The zero-order valence-electron chi connectivity index (χ0n) is 14.9. The molecule has 0 bridgehead atoms. The van der Waals surface area contributed by atoms with Gasteiger partial charge in [0.15, 0.2) is 0 Å². The van der Waals surface area contributed by atoms with Crippen LogP contribution in [0.5, 0.6) is 0 Å². The number of carbonyl (C=O) groups excluding carboxylic acids is 1. The maximum atomic E-state index is 13.0. The summed E-state index contributed by atoms with van der Waals surface area (Å²) < 4.78 is 15.0. The molecule has 1 amide bonds. The summed E-state index contributed by atoms with van der Waals surface area (Å²) in [5, 5.41) is 10.9. The number of carbonyl (C=O) groups is 1. The molecular weight excluding hydrogens is 331 g/mol. The van der Waals surface area contributed by atoms with Gasteiger partial charge in [-0.1, -0.05) is 12.1 Å². The predicted molar refractivity (Wildman–Crippen MR) is 97.5 cm³/mol. The first-order valence-corrected chi connectivity index (χ1v) is 9.42. The molecule has 1 aliphatic heterocycles. The van der Waals surface area contributed by atoms with E-state index >= 15 is 0 Å². The summed E-state index contributed by atoms with van der Waals surface area (Å²) in [5.41, 5.74) is 1.71. The maximum absolute atomic E-state index is 13.0. The molecule has 2 N–H and O–H groups in total. The van der Waals surface area contributed by atoms with Crippen molar-refractivity contribution in [1.29, 1.82) is 0 Å². The van der Waals surface area contributed by atoms with Gasteiger partial charge in [-0.05, 0) is 67.8 Å². The standard InChI is InChI=1S/C20H25FN4O/c21-16-5-3-15(4-6-16)12-20(8-9-20)14-23-19(26)18-7-11-25(24-18)17-2-1-10-22-13-17/h3-7,11,17,22H,1-2,8-10,12-14H2,(H,23,26). The van der Waals surface area contributed by atoms with Gasteiger partial charge < -0.3 is 10.6 Å². The van der Waals surface area contributed by atoms with Gasteiger partial charge >= 0.3 is 0 Å². The second-order valence-electron chi connectivity index (χ2n) is 7.67. The first-order valence-electron chi connectivity index (χ1n) is 9.42. The molecule has 4 rings (SSSR count). The molecule has 5 nitrogen and oxygen atoms in total. The third-order valence-corrected chi connectivity index (χ3v) is 5.56. The van der Waals surface area contributed by atoms with Crippen LogP contribution < -0.4 is 10.6 Å². The number of halogens is 1. The van der Waals surface area contributed by atoms with Crippen LogP contribution in [0.15, 0.2) is 36.5 Å². The topological polar surface area (TPSA) is 59.0 Å². The van der Waals surface area contributed by atoms with Crippen LogP contribution in [0.4, 0.5) is 4.39 Å². The van der Waals surface area contributed by atoms with Crippen molar-refractivity contribution >= 4 is 5.91 Å². The predicted octanol–water partition coefficient (Wildman–Crippen LogP) is 2.70. The zero-order chi connectivity index (χ0) is 18.0. The van der Waals surface area contributed by atoms with Crippen molar-refractivity contribution in [2.24, 2.45) is 5.41 Å². The van der Waals surface area contributed by atoms with Crippen LogP contribution in [0, 0.1) is 11.2 Å². The summed E-state index contributed by atoms with van der Waals surface area (Å²) in [4.78, 5) is 12.5. The van der Waals surface area contributed by atoms with Crippen LogP contribution in [0.1, 0.15) is 47.8 Å². The van der Waals surface area contributed by atoms with Gasteiger partial charge in [0.1, 0.15) is 11.5 Å². The van der Waals surface area contributed by atoms with E-state index in [1.54, 1.807) is 6.07 Å². The molecule has 1 unspecified atom stereocenters. The van der Waals surface area contributed by atoms with Crippen LogP contribution in [-0.4, -0.2) is 35.3 Å². The Morgan fingerprint density at radius 3 is 2.81 bits per heavy atom. The number of nitrogens with one attached hydrogen (secondary N) is 2. The molecule has 1 aromatic carbocycles. The summed E-state index contributed by atoms with van der Waals surface area (Å²) in [6.45, 7) is 2.60. The van der Waals surface area contributed by atoms with Gasteiger partial charge in [-0.2, -0.15) is 5.10 Å². The number of amides is 1. The van der Waals surface area contributed by atoms with Gasteiger partial charge in [-0.15, -0.1) is 0 Å². The Morgan fingerprint density at radius 2 is 2.12 bits per heavy atom. The largest absolute Gasteiger partial charge is 0.350 e. The van der Waals surface area contributed by atoms with E-state index < -0.39 is 0 Å². The maximum Gasteiger partial charge on any atom is 0.271 e. The molecule has 1 aromatic heterocycles. The van der Waals surface area contributed by atoms with E-state index in [4.69, 9.17) is 0 Å². The molecule has 0 spiro atoms. The SMILES string of the molecule is O=C(NCC1(Cc2ccc(F)cc2)CC1)c1ccn(C2CCCNC2)n1. The number of rotatable bonds is 6. The van der Waals surface area contributed by atoms with Crippen LogP contribution >= 0.6 is 0 Å². The number of nitrogens with zero attached hydrogens (tertiary/aromatic N) is 2. The number of piperidine rings is 1. The number of benzene rings is 1. The highest BCUT2D eigenvalue weighted by atomic mass is 19.1. The number of hydrogen-bond donors (Lipinski definition) is 2. The molecule has 26 heavy (non-hydrogen) atoms. The molecule has 0 radical (unpaired) electrons. The highest BCUT2D eigenvalue weighted by molar-refractivity contribution is 5.92. The summed E-state index contributed by atoms with van der Waals surface area (Å²) in [6.07, 6.45) is 7.18. The Hall–Kier alpha value is -2.21. The lowest BCUT2D eigenvalue weighted by Crippen LogP contribution is -2.33. The monoisotopic (exact) mass is 356 g/mol. The fourth-order valence-corrected chi connectivity index (χ4v) is 3.71. The first-order chi connectivity index (χ1) is 12.6. The zero-order valence-corrected chi connectivity index (χ0v) is 14.9. The molecule has 1 atom stereocenters. The molecule has 138 valence electrons. The van der Waals surface area contributed by atoms with E-state index in [2.05, 4.69) is 15.7 Å². The second kappa shape index (κ2) is 7.19. The van der Waals surface area contributed by atoms with Gasteiger partial charge in [0.2, 0.25) is 0 Å². The van der Waals surface area contributed by atoms with Crippen molar-refractivity contribution in [3.8, 4) is 0 Å². The lowest BCUT2D eigenvalue weighted by Gasteiger charge is -2.22. The third kappa shape index (κ3) is 3.96. The van der Waals surface area contributed by atoms with Crippen molar-refractivity contribution in [2.75, 3.05) is 19.6 Å². The van der Waals surface area contributed by atoms with Crippen LogP contribution in [0.2, 0.25) is 0 Å². The normalized spacial score (nSPS) is 21.3. The van der Waals surface area contributed by atoms with Crippen molar-refractivity contribution in [1.82, 2.24) is 20.4 Å². The molecule has 2 aliphatic rings. The minimum absolute atomic E-state index is 0.113. The van der Waals surface area contributed by atoms with Crippen LogP contribution in [0.25, 0.3) is 0 Å². The van der Waals surface area contributed by atoms with E-state index in [1.807, 2.05) is 23.0 Å². The highest BCUT2D eigenvalue weighted by Gasteiger charge is 2.42. The molecule has 1 saturated carbocycles. The summed E-state index contributed by atoms with van der Waals surface area (Å²) in [5.74, 6) is -0.325. The summed E-state index contributed by atoms with van der Waals surface area (Å²) in [6, 6.07) is 8.78. The lowest BCUT2D eigenvalue weighted by atomic mass is 9.96. The van der Waals surface area contributed by atoms with Crippen molar-refractivity contribution in [3.05, 3.63) is 53.6 Å². The molecular formula is C20H25FN4O. The fourth-order valence-electron chi connectivity index (χ4n) is 3.71. The summed E-state index contributed by atoms with van der Waals surface area (Å²) in [7, 11) is 0. The fraction of sp³-hybridized carbons (Fsp3) is 0.500. The Balaban J connectivity index is 1.32. The van der Waals surface area contributed by atoms with Crippen LogP contribution in [0.3, 0.4) is 0 Å². The number of hydrogen-bond acceptors (Lipinski definition) is 3. The van der Waals surface area contributed by atoms with E-state index in [-0.39, 0.29) is 17.1 Å². The summed E-state index contributed by atoms with van der Waals surface area (Å²) >= 11 is 0.